The maximum atomic E-state index is 11.6. The molecule has 0 aliphatic rings. The summed E-state index contributed by atoms with van der Waals surface area (Å²) < 4.78 is 4.96. The van der Waals surface area contributed by atoms with Crippen molar-refractivity contribution >= 4 is 5.91 Å². The van der Waals surface area contributed by atoms with Gasteiger partial charge in [-0.25, -0.2) is 0 Å². The molecular weight excluding hydrogens is 180 g/mol. The second kappa shape index (κ2) is 4.43. The highest BCUT2D eigenvalue weighted by molar-refractivity contribution is 5.85. The van der Waals surface area contributed by atoms with E-state index in [1.807, 2.05) is 19.9 Å². The Morgan fingerprint density at radius 1 is 1.43 bits per heavy atom. The summed E-state index contributed by atoms with van der Waals surface area (Å²) in [6.07, 6.45) is 0. The molecule has 4 heteroatoms. The molecular formula is C10H18N2O2. The molecule has 0 unspecified atom stereocenters. The highest BCUT2D eigenvalue weighted by Crippen LogP contribution is 2.15. The van der Waals surface area contributed by atoms with Crippen LogP contribution in [-0.2, 0) is 9.53 Å². The van der Waals surface area contributed by atoms with E-state index in [4.69, 9.17) is 10.00 Å². The first kappa shape index (κ1) is 12.9. The van der Waals surface area contributed by atoms with Gasteiger partial charge in [0.2, 0.25) is 5.91 Å². The Morgan fingerprint density at radius 3 is 2.29 bits per heavy atom. The fraction of sp³-hybridized carbons (Fsp3) is 0.800. The Balaban J connectivity index is 4.41. The molecule has 0 atom stereocenters. The Morgan fingerprint density at radius 2 is 1.93 bits per heavy atom. The Labute approximate surface area is 85.2 Å². The van der Waals surface area contributed by atoms with Gasteiger partial charge in [0, 0.05) is 7.11 Å². The topological polar surface area (TPSA) is 62.1 Å². The quantitative estimate of drug-likeness (QED) is 0.735. The van der Waals surface area contributed by atoms with Gasteiger partial charge >= 0.3 is 0 Å². The van der Waals surface area contributed by atoms with Crippen molar-refractivity contribution in [2.45, 2.75) is 33.2 Å². The second-order valence-electron chi connectivity index (χ2n) is 4.51. The van der Waals surface area contributed by atoms with E-state index in [0.29, 0.717) is 6.61 Å². The van der Waals surface area contributed by atoms with E-state index in [2.05, 4.69) is 5.32 Å². The number of amides is 1. The average molecular weight is 198 g/mol. The number of carbonyl (C=O) groups is 1. The molecule has 80 valence electrons. The molecule has 0 saturated carbocycles. The lowest BCUT2D eigenvalue weighted by atomic mass is 9.93. The monoisotopic (exact) mass is 198 g/mol. The van der Waals surface area contributed by atoms with E-state index in [9.17, 15) is 4.79 Å². The third-order valence-corrected chi connectivity index (χ3v) is 1.80. The van der Waals surface area contributed by atoms with Crippen molar-refractivity contribution in [3.8, 4) is 6.07 Å². The first-order chi connectivity index (χ1) is 6.25. The van der Waals surface area contributed by atoms with Crippen molar-refractivity contribution < 1.29 is 9.53 Å². The molecule has 1 N–H and O–H groups in total. The van der Waals surface area contributed by atoms with Crippen molar-refractivity contribution in [3.63, 3.8) is 0 Å². The van der Waals surface area contributed by atoms with Crippen molar-refractivity contribution in [2.24, 2.45) is 5.41 Å². The van der Waals surface area contributed by atoms with E-state index >= 15 is 0 Å². The Bertz CT molecular complexity index is 251. The Kier molecular flexibility index (Phi) is 4.08. The summed E-state index contributed by atoms with van der Waals surface area (Å²) in [6.45, 7) is 7.29. The third-order valence-electron chi connectivity index (χ3n) is 1.80. The summed E-state index contributed by atoms with van der Waals surface area (Å²) in [6, 6.07) is 1.95. The predicted molar refractivity (Wildman–Crippen MR) is 53.5 cm³/mol. The van der Waals surface area contributed by atoms with Crippen molar-refractivity contribution in [2.75, 3.05) is 13.7 Å². The number of hydrogen-bond donors (Lipinski definition) is 1. The molecule has 0 aromatic carbocycles. The van der Waals surface area contributed by atoms with E-state index in [0.717, 1.165) is 0 Å². The Hall–Kier alpha value is -1.08. The zero-order valence-corrected chi connectivity index (χ0v) is 9.47. The fourth-order valence-electron chi connectivity index (χ4n) is 0.911. The van der Waals surface area contributed by atoms with Gasteiger partial charge in [0.05, 0.1) is 18.2 Å². The maximum absolute atomic E-state index is 11.6. The number of hydrogen-bond acceptors (Lipinski definition) is 3. The van der Waals surface area contributed by atoms with Gasteiger partial charge < -0.3 is 10.1 Å². The molecule has 0 saturated heterocycles. The number of nitrogens with one attached hydrogen (secondary N) is 1. The SMILES string of the molecule is COCC(C)(C)NC(=O)C(C)(C)C#N. The molecule has 0 rings (SSSR count). The first-order valence-corrected chi connectivity index (χ1v) is 4.48. The number of carbonyl (C=O) groups excluding carboxylic acids is 1. The summed E-state index contributed by atoms with van der Waals surface area (Å²) >= 11 is 0. The van der Waals surface area contributed by atoms with Crippen LogP contribution in [0.3, 0.4) is 0 Å². The van der Waals surface area contributed by atoms with Gasteiger partial charge in [0.25, 0.3) is 0 Å². The van der Waals surface area contributed by atoms with E-state index < -0.39 is 11.0 Å². The largest absolute Gasteiger partial charge is 0.382 e. The van der Waals surface area contributed by atoms with Crippen LogP contribution in [0, 0.1) is 16.7 Å². The molecule has 0 aliphatic carbocycles. The number of ether oxygens (including phenoxy) is 1. The first-order valence-electron chi connectivity index (χ1n) is 4.48. The van der Waals surface area contributed by atoms with Crippen LogP contribution in [0.2, 0.25) is 0 Å². The third kappa shape index (κ3) is 3.75. The van der Waals surface area contributed by atoms with Gasteiger partial charge in [-0.15, -0.1) is 0 Å². The van der Waals surface area contributed by atoms with Crippen LogP contribution in [0.25, 0.3) is 0 Å². The highest BCUT2D eigenvalue weighted by atomic mass is 16.5. The smallest absolute Gasteiger partial charge is 0.240 e. The van der Waals surface area contributed by atoms with Crippen LogP contribution < -0.4 is 5.32 Å². The van der Waals surface area contributed by atoms with Crippen molar-refractivity contribution in [1.29, 1.82) is 5.26 Å². The summed E-state index contributed by atoms with van der Waals surface area (Å²) in [5, 5.41) is 11.5. The van der Waals surface area contributed by atoms with Crippen LogP contribution in [0.4, 0.5) is 0 Å². The van der Waals surface area contributed by atoms with E-state index in [1.54, 1.807) is 21.0 Å². The fourth-order valence-corrected chi connectivity index (χ4v) is 0.911. The van der Waals surface area contributed by atoms with Crippen LogP contribution >= 0.6 is 0 Å². The van der Waals surface area contributed by atoms with Crippen LogP contribution in [0.15, 0.2) is 0 Å². The molecule has 0 aromatic heterocycles. The molecule has 0 heterocycles. The lowest BCUT2D eigenvalue weighted by molar-refractivity contribution is -0.129. The van der Waals surface area contributed by atoms with E-state index in [-0.39, 0.29) is 5.91 Å². The molecule has 0 spiro atoms. The molecule has 0 aromatic rings. The second-order valence-corrected chi connectivity index (χ2v) is 4.51. The summed E-state index contributed by atoms with van der Waals surface area (Å²) in [5.41, 5.74) is -1.44. The zero-order chi connectivity index (χ0) is 11.4. The molecule has 0 aliphatic heterocycles. The number of rotatable bonds is 4. The standard InChI is InChI=1S/C10H18N2O2/c1-9(2,6-11)8(13)12-10(3,4)7-14-5/h7H2,1-5H3,(H,12,13). The summed E-state index contributed by atoms with van der Waals surface area (Å²) in [4.78, 5) is 11.6. The van der Waals surface area contributed by atoms with Gasteiger partial charge in [0.15, 0.2) is 0 Å². The normalized spacial score (nSPS) is 12.0. The molecule has 0 fully saturated rings. The number of nitriles is 1. The minimum atomic E-state index is -0.995. The van der Waals surface area contributed by atoms with Gasteiger partial charge in [0.1, 0.15) is 5.41 Å². The molecule has 0 bridgehead atoms. The molecule has 0 radical (unpaired) electrons. The summed E-state index contributed by atoms with van der Waals surface area (Å²) in [7, 11) is 1.57. The van der Waals surface area contributed by atoms with Gasteiger partial charge in [-0.3, -0.25) is 4.79 Å². The molecule has 14 heavy (non-hydrogen) atoms. The van der Waals surface area contributed by atoms with Gasteiger partial charge in [-0.2, -0.15) is 5.26 Å². The molecule has 1 amide bonds. The van der Waals surface area contributed by atoms with Crippen LogP contribution in [0.1, 0.15) is 27.7 Å². The predicted octanol–water partition coefficient (Wildman–Crippen LogP) is 1.08. The number of nitrogens with zero attached hydrogens (tertiary/aromatic N) is 1. The van der Waals surface area contributed by atoms with Crippen LogP contribution in [-0.4, -0.2) is 25.2 Å². The van der Waals surface area contributed by atoms with Gasteiger partial charge in [-0.05, 0) is 27.7 Å². The average Bonchev–Trinajstić information content (AvgIpc) is 2.03. The van der Waals surface area contributed by atoms with Crippen LogP contribution in [0.5, 0.6) is 0 Å². The maximum Gasteiger partial charge on any atom is 0.240 e. The lowest BCUT2D eigenvalue weighted by Crippen LogP contribution is -2.51. The number of methoxy groups -OCH3 is 1. The highest BCUT2D eigenvalue weighted by Gasteiger charge is 2.31. The van der Waals surface area contributed by atoms with Gasteiger partial charge in [-0.1, -0.05) is 0 Å². The minimum Gasteiger partial charge on any atom is -0.382 e. The molecule has 4 nitrogen and oxygen atoms in total. The summed E-state index contributed by atoms with van der Waals surface area (Å²) in [5.74, 6) is -0.276. The lowest BCUT2D eigenvalue weighted by Gasteiger charge is -2.28. The minimum absolute atomic E-state index is 0.276. The van der Waals surface area contributed by atoms with Crippen molar-refractivity contribution in [1.82, 2.24) is 5.32 Å². The zero-order valence-electron chi connectivity index (χ0n) is 9.47. The van der Waals surface area contributed by atoms with E-state index in [1.165, 1.54) is 0 Å². The van der Waals surface area contributed by atoms with Crippen molar-refractivity contribution in [3.05, 3.63) is 0 Å².